The zero-order valence-corrected chi connectivity index (χ0v) is 17.9. The molecule has 4 rings (SSSR count). The first kappa shape index (κ1) is 22.2. The van der Waals surface area contributed by atoms with Crippen LogP contribution >= 0.6 is 0 Å². The maximum absolute atomic E-state index is 13.8. The van der Waals surface area contributed by atoms with Gasteiger partial charge in [-0.25, -0.2) is 8.78 Å². The quantitative estimate of drug-likeness (QED) is 0.691. The molecule has 32 heavy (non-hydrogen) atoms. The van der Waals surface area contributed by atoms with Crippen LogP contribution in [-0.2, 0) is 20.7 Å². The van der Waals surface area contributed by atoms with E-state index in [1.807, 2.05) is 0 Å². The normalized spacial score (nSPS) is 17.0. The Bertz CT molecular complexity index is 1010. The first-order chi connectivity index (χ1) is 15.4. The van der Waals surface area contributed by atoms with Crippen molar-refractivity contribution in [3.8, 4) is 0 Å². The molecule has 0 aromatic heterocycles. The number of ether oxygens (including phenoxy) is 1. The molecule has 0 aliphatic carbocycles. The van der Waals surface area contributed by atoms with Gasteiger partial charge in [-0.3, -0.25) is 14.5 Å². The number of nitrogens with one attached hydrogen (secondary N) is 2. The molecule has 2 heterocycles. The highest BCUT2D eigenvalue weighted by atomic mass is 19.1. The Hall–Kier alpha value is -3.04. The summed E-state index contributed by atoms with van der Waals surface area (Å²) in [7, 11) is 2.06. The van der Waals surface area contributed by atoms with Crippen LogP contribution in [0, 0.1) is 11.6 Å². The van der Waals surface area contributed by atoms with Crippen molar-refractivity contribution in [2.24, 2.45) is 0 Å². The van der Waals surface area contributed by atoms with E-state index < -0.39 is 23.4 Å². The van der Waals surface area contributed by atoms with Crippen LogP contribution in [0.2, 0.25) is 0 Å². The molecule has 2 aromatic carbocycles. The molecule has 1 saturated heterocycles. The molecule has 2 N–H and O–H groups in total. The third kappa shape index (κ3) is 4.89. The van der Waals surface area contributed by atoms with Gasteiger partial charge in [-0.2, -0.15) is 0 Å². The number of nitrogens with zero attached hydrogens (tertiary/aromatic N) is 2. The minimum atomic E-state index is -1.05. The molecule has 1 unspecified atom stereocenters. The lowest BCUT2D eigenvalue weighted by molar-refractivity contribution is -0.136. The average Bonchev–Trinajstić information content (AvgIpc) is 3.17. The molecule has 7 nitrogen and oxygen atoms in total. The minimum Gasteiger partial charge on any atom is -0.379 e. The predicted molar refractivity (Wildman–Crippen MR) is 117 cm³/mol. The second-order valence-corrected chi connectivity index (χ2v) is 8.01. The summed E-state index contributed by atoms with van der Waals surface area (Å²) in [4.78, 5) is 29.1. The number of rotatable bonds is 5. The minimum absolute atomic E-state index is 0.141. The van der Waals surface area contributed by atoms with Crippen LogP contribution in [0.3, 0.4) is 0 Å². The third-order valence-corrected chi connectivity index (χ3v) is 5.94. The van der Waals surface area contributed by atoms with Crippen LogP contribution in [0.25, 0.3) is 0 Å². The fraction of sp³-hybridized carbons (Fsp3) is 0.391. The van der Waals surface area contributed by atoms with E-state index in [4.69, 9.17) is 4.74 Å². The van der Waals surface area contributed by atoms with Crippen molar-refractivity contribution in [2.45, 2.75) is 12.5 Å². The van der Waals surface area contributed by atoms with Crippen molar-refractivity contribution in [2.75, 3.05) is 56.7 Å². The molecule has 9 heteroatoms. The van der Waals surface area contributed by atoms with E-state index in [1.165, 1.54) is 11.3 Å². The van der Waals surface area contributed by atoms with Crippen LogP contribution in [0.1, 0.15) is 17.2 Å². The highest BCUT2D eigenvalue weighted by Gasteiger charge is 2.26. The van der Waals surface area contributed by atoms with Crippen molar-refractivity contribution in [3.05, 3.63) is 59.2 Å². The highest BCUT2D eigenvalue weighted by molar-refractivity contribution is 6.39. The number of fused-ring (bicyclic) bond motifs is 1. The molecule has 2 aromatic rings. The zero-order chi connectivity index (χ0) is 22.7. The lowest BCUT2D eigenvalue weighted by atomic mass is 10.0. The lowest BCUT2D eigenvalue weighted by Crippen LogP contribution is -2.45. The molecule has 0 radical (unpaired) electrons. The number of likely N-dealkylation sites (N-methyl/N-ethyl adjacent to an activating group) is 1. The van der Waals surface area contributed by atoms with E-state index in [9.17, 15) is 18.4 Å². The van der Waals surface area contributed by atoms with Gasteiger partial charge in [-0.1, -0.05) is 12.1 Å². The second kappa shape index (κ2) is 9.62. The zero-order valence-electron chi connectivity index (χ0n) is 17.9. The van der Waals surface area contributed by atoms with E-state index in [0.717, 1.165) is 36.7 Å². The van der Waals surface area contributed by atoms with E-state index in [2.05, 4.69) is 45.7 Å². The molecular formula is C23H26F2N4O3. The molecule has 0 saturated carbocycles. The summed E-state index contributed by atoms with van der Waals surface area (Å²) < 4.78 is 32.6. The molecule has 1 atom stereocenters. The Morgan fingerprint density at radius 2 is 1.84 bits per heavy atom. The van der Waals surface area contributed by atoms with Crippen molar-refractivity contribution < 1.29 is 23.1 Å². The second-order valence-electron chi connectivity index (χ2n) is 8.01. The van der Waals surface area contributed by atoms with Gasteiger partial charge in [0.1, 0.15) is 11.6 Å². The Labute approximate surface area is 185 Å². The van der Waals surface area contributed by atoms with Crippen LogP contribution in [-0.4, -0.2) is 63.2 Å². The van der Waals surface area contributed by atoms with Crippen LogP contribution < -0.4 is 15.5 Å². The summed E-state index contributed by atoms with van der Waals surface area (Å²) in [5, 5.41) is 4.78. The Morgan fingerprint density at radius 3 is 2.62 bits per heavy atom. The lowest BCUT2D eigenvalue weighted by Gasteiger charge is -2.35. The van der Waals surface area contributed by atoms with Gasteiger partial charge in [0.15, 0.2) is 0 Å². The maximum Gasteiger partial charge on any atom is 0.313 e. The van der Waals surface area contributed by atoms with E-state index >= 15 is 0 Å². The van der Waals surface area contributed by atoms with Crippen LogP contribution in [0.15, 0.2) is 36.4 Å². The molecule has 1 fully saturated rings. The van der Waals surface area contributed by atoms with Gasteiger partial charge in [0.25, 0.3) is 0 Å². The topological polar surface area (TPSA) is 73.9 Å². The summed E-state index contributed by atoms with van der Waals surface area (Å²) in [5.74, 6) is -3.49. The molecule has 170 valence electrons. The Kier molecular flexibility index (Phi) is 6.66. The standard InChI is InChI=1S/C23H26F2N4O3/c1-28-7-6-16-12-15(2-5-20(16)28)21(29-8-10-32-11-9-29)14-26-22(30)23(31)27-19-13-17(24)3-4-18(19)25/h2-5,12-13,21H,6-11,14H2,1H3,(H,26,30)(H,27,31). The van der Waals surface area contributed by atoms with Crippen LogP contribution in [0.4, 0.5) is 20.2 Å². The van der Waals surface area contributed by atoms with E-state index in [1.54, 1.807) is 0 Å². The summed E-state index contributed by atoms with van der Waals surface area (Å²) >= 11 is 0. The van der Waals surface area contributed by atoms with Gasteiger partial charge >= 0.3 is 11.8 Å². The molecule has 2 aliphatic rings. The SMILES string of the molecule is CN1CCc2cc(C(CNC(=O)C(=O)Nc3cc(F)ccc3F)N3CCOCC3)ccc21. The number of halogens is 2. The fourth-order valence-corrected chi connectivity index (χ4v) is 4.18. The Balaban J connectivity index is 1.46. The fourth-order valence-electron chi connectivity index (χ4n) is 4.18. The van der Waals surface area contributed by atoms with Crippen molar-refractivity contribution in [1.29, 1.82) is 0 Å². The Morgan fingerprint density at radius 1 is 1.06 bits per heavy atom. The van der Waals surface area contributed by atoms with Gasteiger partial charge in [0, 0.05) is 45.0 Å². The molecule has 2 aliphatic heterocycles. The number of carbonyl (C=O) groups is 2. The van der Waals surface area contributed by atoms with Gasteiger partial charge < -0.3 is 20.3 Å². The highest BCUT2D eigenvalue weighted by Crippen LogP contribution is 2.31. The number of morpholine rings is 1. The molecule has 0 spiro atoms. The van der Waals surface area contributed by atoms with E-state index in [-0.39, 0.29) is 18.3 Å². The number of hydrogen-bond donors (Lipinski definition) is 2. The smallest absolute Gasteiger partial charge is 0.313 e. The number of carbonyl (C=O) groups excluding carboxylic acids is 2. The van der Waals surface area contributed by atoms with Crippen molar-refractivity contribution in [3.63, 3.8) is 0 Å². The monoisotopic (exact) mass is 444 g/mol. The first-order valence-corrected chi connectivity index (χ1v) is 10.6. The van der Waals surface area contributed by atoms with Crippen LogP contribution in [0.5, 0.6) is 0 Å². The van der Waals surface area contributed by atoms with Crippen molar-refractivity contribution >= 4 is 23.2 Å². The molecule has 2 amide bonds. The van der Waals surface area contributed by atoms with Crippen molar-refractivity contribution in [1.82, 2.24) is 10.2 Å². The van der Waals surface area contributed by atoms with Gasteiger partial charge in [0.05, 0.1) is 24.9 Å². The summed E-state index contributed by atoms with van der Waals surface area (Å²) in [6.07, 6.45) is 0.962. The summed E-state index contributed by atoms with van der Waals surface area (Å²) in [6.45, 7) is 3.77. The number of hydrogen-bond acceptors (Lipinski definition) is 5. The number of anilines is 2. The molecule has 0 bridgehead atoms. The summed E-state index contributed by atoms with van der Waals surface area (Å²) in [6, 6.07) is 8.82. The van der Waals surface area contributed by atoms with Gasteiger partial charge in [0.2, 0.25) is 0 Å². The summed E-state index contributed by atoms with van der Waals surface area (Å²) in [5.41, 5.74) is 3.14. The largest absolute Gasteiger partial charge is 0.379 e. The first-order valence-electron chi connectivity index (χ1n) is 10.6. The van der Waals surface area contributed by atoms with E-state index in [0.29, 0.717) is 26.3 Å². The third-order valence-electron chi connectivity index (χ3n) is 5.94. The predicted octanol–water partition coefficient (Wildman–Crippen LogP) is 2.09. The molecular weight excluding hydrogens is 418 g/mol. The number of amides is 2. The maximum atomic E-state index is 13.8. The average molecular weight is 444 g/mol. The van der Waals surface area contributed by atoms with Gasteiger partial charge in [-0.15, -0.1) is 0 Å². The number of benzene rings is 2. The van der Waals surface area contributed by atoms with Gasteiger partial charge in [-0.05, 0) is 35.7 Å².